The van der Waals surface area contributed by atoms with Crippen molar-refractivity contribution >= 4 is 6.41 Å². The molecule has 0 aliphatic rings. The van der Waals surface area contributed by atoms with Crippen LogP contribution >= 0.6 is 0 Å². The number of alkyl halides is 6. The van der Waals surface area contributed by atoms with Crippen LogP contribution in [0, 0.1) is 5.82 Å². The van der Waals surface area contributed by atoms with Gasteiger partial charge < -0.3 is 10.6 Å². The van der Waals surface area contributed by atoms with Gasteiger partial charge in [0.2, 0.25) is 6.41 Å². The highest BCUT2D eigenvalue weighted by Gasteiger charge is 2.39. The fourth-order valence-electron chi connectivity index (χ4n) is 3.34. The highest BCUT2D eigenvalue weighted by Crippen LogP contribution is 2.37. The molecule has 0 saturated heterocycles. The molecule has 11 heteroatoms. The minimum absolute atomic E-state index is 0.0217. The van der Waals surface area contributed by atoms with E-state index >= 15 is 0 Å². The third-order valence-electron chi connectivity index (χ3n) is 5.39. The van der Waals surface area contributed by atoms with E-state index in [1.807, 2.05) is 7.05 Å². The van der Waals surface area contributed by atoms with Gasteiger partial charge in [-0.1, -0.05) is 44.2 Å². The van der Waals surface area contributed by atoms with E-state index in [-0.39, 0.29) is 24.1 Å². The summed E-state index contributed by atoms with van der Waals surface area (Å²) < 4.78 is 89.7. The molecule has 1 heterocycles. The second-order valence-electron chi connectivity index (χ2n) is 8.28. The smallest absolute Gasteiger partial charge is 0.343 e. The Labute approximate surface area is 217 Å². The summed E-state index contributed by atoms with van der Waals surface area (Å²) in [5.74, 6) is -1.17. The summed E-state index contributed by atoms with van der Waals surface area (Å²) in [5, 5.41) is 5.49. The normalized spacial score (nSPS) is 12.6. The van der Waals surface area contributed by atoms with E-state index in [1.54, 1.807) is 30.3 Å². The molecular weight excluding hydrogens is 515 g/mol. The zero-order valence-corrected chi connectivity index (χ0v) is 21.3. The van der Waals surface area contributed by atoms with Crippen molar-refractivity contribution in [2.24, 2.45) is 0 Å². The maximum atomic E-state index is 14.2. The largest absolute Gasteiger partial charge is 0.416 e. The Morgan fingerprint density at radius 3 is 1.97 bits per heavy atom. The third-order valence-corrected chi connectivity index (χ3v) is 5.39. The van der Waals surface area contributed by atoms with E-state index in [2.05, 4.69) is 29.5 Å². The molecule has 38 heavy (non-hydrogen) atoms. The lowest BCUT2D eigenvalue weighted by atomic mass is 9.80. The zero-order valence-electron chi connectivity index (χ0n) is 21.3. The molecule has 3 rings (SSSR count). The van der Waals surface area contributed by atoms with Crippen molar-refractivity contribution in [1.29, 1.82) is 0 Å². The summed E-state index contributed by atoms with van der Waals surface area (Å²) in [5.41, 5.74) is -3.06. The average molecular weight is 546 g/mol. The van der Waals surface area contributed by atoms with Gasteiger partial charge in [0.15, 0.2) is 0 Å². The van der Waals surface area contributed by atoms with E-state index in [4.69, 9.17) is 0 Å². The third kappa shape index (κ3) is 9.13. The first-order valence-corrected chi connectivity index (χ1v) is 11.4. The second-order valence-corrected chi connectivity index (χ2v) is 8.28. The number of benzene rings is 2. The van der Waals surface area contributed by atoms with Gasteiger partial charge in [-0.25, -0.2) is 13.2 Å². The van der Waals surface area contributed by atoms with Gasteiger partial charge in [-0.3, -0.25) is 14.2 Å². The molecule has 1 atom stereocenters. The van der Waals surface area contributed by atoms with Gasteiger partial charge >= 0.3 is 6.18 Å². The molecule has 0 bridgehead atoms. The van der Waals surface area contributed by atoms with Crippen LogP contribution in [0.4, 0.5) is 30.7 Å². The summed E-state index contributed by atoms with van der Waals surface area (Å²) in [7, 11) is 2.45. The zero-order chi connectivity index (χ0) is 28.9. The van der Waals surface area contributed by atoms with Crippen LogP contribution in [-0.4, -0.2) is 31.7 Å². The fraction of sp³-hybridized carbons (Fsp3) is 0.333. The Hall–Kier alpha value is -3.47. The molecule has 0 radical (unpaired) electrons. The number of pyridine rings is 1. The van der Waals surface area contributed by atoms with Crippen LogP contribution < -0.4 is 10.6 Å². The molecule has 0 saturated carbocycles. The van der Waals surface area contributed by atoms with Crippen molar-refractivity contribution in [1.82, 2.24) is 15.6 Å². The Kier molecular flexibility index (Phi) is 12.9. The van der Waals surface area contributed by atoms with Crippen molar-refractivity contribution in [3.63, 3.8) is 0 Å². The van der Waals surface area contributed by atoms with Gasteiger partial charge in [-0.05, 0) is 48.5 Å². The number of carbonyl (C=O) groups excluding carboxylic acids is 1. The Bertz CT molecular complexity index is 1110. The van der Waals surface area contributed by atoms with Crippen LogP contribution in [0.5, 0.6) is 0 Å². The second kappa shape index (κ2) is 15.1. The van der Waals surface area contributed by atoms with Gasteiger partial charge in [-0.15, -0.1) is 0 Å². The number of halogens is 7. The van der Waals surface area contributed by atoms with Crippen molar-refractivity contribution < 1.29 is 35.5 Å². The summed E-state index contributed by atoms with van der Waals surface area (Å²) in [6.45, 7) is 4.22. The van der Waals surface area contributed by atoms with Crippen molar-refractivity contribution in [2.45, 2.75) is 44.5 Å². The average Bonchev–Trinajstić information content (AvgIpc) is 2.89. The summed E-state index contributed by atoms with van der Waals surface area (Å²) in [6.07, 6.45) is -6.63. The van der Waals surface area contributed by atoms with E-state index in [9.17, 15) is 35.5 Å². The van der Waals surface area contributed by atoms with E-state index in [0.29, 0.717) is 30.9 Å². The molecule has 0 spiro atoms. The number of carbonyl (C=O) groups is 1. The predicted molar refractivity (Wildman–Crippen MR) is 132 cm³/mol. The number of aromatic nitrogens is 1. The number of nitrogens with one attached hydrogen (secondary N) is 2. The van der Waals surface area contributed by atoms with E-state index in [0.717, 1.165) is 18.3 Å². The van der Waals surface area contributed by atoms with Gasteiger partial charge in [0, 0.05) is 24.2 Å². The molecule has 2 aromatic carbocycles. The van der Waals surface area contributed by atoms with Crippen LogP contribution in [0.25, 0.3) is 0 Å². The van der Waals surface area contributed by atoms with Crippen LogP contribution in [0.2, 0.25) is 0 Å². The molecule has 0 aliphatic heterocycles. The molecule has 3 aromatic rings. The summed E-state index contributed by atoms with van der Waals surface area (Å²) in [6, 6.07) is 13.2. The molecule has 0 fully saturated rings. The van der Waals surface area contributed by atoms with Gasteiger partial charge in [-0.2, -0.15) is 13.2 Å². The van der Waals surface area contributed by atoms with Crippen LogP contribution in [0.15, 0.2) is 66.9 Å². The summed E-state index contributed by atoms with van der Waals surface area (Å²) in [4.78, 5) is 15.5. The molecule has 1 amide bonds. The molecule has 2 N–H and O–H groups in total. The van der Waals surface area contributed by atoms with Gasteiger partial charge in [0.05, 0.1) is 18.4 Å². The first-order chi connectivity index (χ1) is 17.9. The number of amides is 1. The number of rotatable bonds is 8. The molecule has 0 unspecified atom stereocenters. The van der Waals surface area contributed by atoms with Crippen molar-refractivity contribution in [2.75, 3.05) is 14.2 Å². The highest BCUT2D eigenvalue weighted by atomic mass is 19.4. The van der Waals surface area contributed by atoms with Crippen molar-refractivity contribution in [3.8, 4) is 0 Å². The van der Waals surface area contributed by atoms with Gasteiger partial charge in [0.25, 0.3) is 6.43 Å². The molecule has 1 aromatic heterocycles. The molecule has 4 nitrogen and oxygen atoms in total. The minimum Gasteiger partial charge on any atom is -0.343 e. The standard InChI is InChI=1S/C22H16F6N2O.C4H11N.CH3F/c23-18-9-16(8-17(10-18)22(26,27)28)21(30-13-31,11-14-4-2-1-3-5-14)19-7-6-15(12-29-19)20(24)25;1-4(2)5-3;1-2/h1-10,12-13,20H,11H2,(H,30,31);4-5H,1-3H3;1H3/t21-;;/m0../s1. The lowest BCUT2D eigenvalue weighted by Gasteiger charge is -2.34. The molecular formula is C27H30F7N3O. The van der Waals surface area contributed by atoms with E-state index in [1.165, 1.54) is 6.07 Å². The topological polar surface area (TPSA) is 54.0 Å². The Morgan fingerprint density at radius 1 is 0.947 bits per heavy atom. The SMILES string of the molecule is CF.CNC(C)C.O=CN[C@@](Cc1ccccc1)(c1cc(F)cc(C(F)(F)F)c1)c1ccc(C(F)F)cn1. The predicted octanol–water partition coefficient (Wildman–Crippen LogP) is 6.61. The fourth-order valence-corrected chi connectivity index (χ4v) is 3.34. The van der Waals surface area contributed by atoms with Crippen LogP contribution in [0.3, 0.4) is 0 Å². The first-order valence-electron chi connectivity index (χ1n) is 11.4. The van der Waals surface area contributed by atoms with Crippen molar-refractivity contribution in [3.05, 3.63) is 101 Å². The Balaban J connectivity index is 0.000000924. The number of hydrogen-bond donors (Lipinski definition) is 2. The monoisotopic (exact) mass is 545 g/mol. The maximum absolute atomic E-state index is 14.2. The minimum atomic E-state index is -4.84. The van der Waals surface area contributed by atoms with Crippen LogP contribution in [-0.2, 0) is 22.9 Å². The summed E-state index contributed by atoms with van der Waals surface area (Å²) >= 11 is 0. The first kappa shape index (κ1) is 32.6. The number of nitrogens with zero attached hydrogens (tertiary/aromatic N) is 1. The lowest BCUT2D eigenvalue weighted by molar-refractivity contribution is -0.137. The lowest BCUT2D eigenvalue weighted by Crippen LogP contribution is -2.45. The van der Waals surface area contributed by atoms with E-state index < -0.39 is 35.1 Å². The van der Waals surface area contributed by atoms with Gasteiger partial charge in [0.1, 0.15) is 11.4 Å². The maximum Gasteiger partial charge on any atom is 0.416 e. The van der Waals surface area contributed by atoms with Crippen LogP contribution in [0.1, 0.15) is 48.2 Å². The Morgan fingerprint density at radius 2 is 1.53 bits per heavy atom. The number of hydrogen-bond acceptors (Lipinski definition) is 3. The quantitative estimate of drug-likeness (QED) is 0.248. The molecule has 0 aliphatic carbocycles. The molecule has 208 valence electrons. The highest BCUT2D eigenvalue weighted by molar-refractivity contribution is 5.54.